The van der Waals surface area contributed by atoms with Crippen LogP contribution < -0.4 is 4.74 Å². The Kier molecular flexibility index (Phi) is 3.98. The predicted octanol–water partition coefficient (Wildman–Crippen LogP) is 3.61. The van der Waals surface area contributed by atoms with Crippen LogP contribution in [-0.2, 0) is 6.42 Å². The number of fused-ring (bicyclic) bond motifs is 1. The largest absolute Gasteiger partial charge is 0.490 e. The predicted molar refractivity (Wildman–Crippen MR) is 85.7 cm³/mol. The summed E-state index contributed by atoms with van der Waals surface area (Å²) in [6.45, 7) is 3.97. The van der Waals surface area contributed by atoms with E-state index in [-0.39, 0.29) is 6.10 Å². The van der Waals surface area contributed by atoms with E-state index in [2.05, 4.69) is 19.8 Å². The molecule has 6 heteroatoms. The zero-order chi connectivity index (χ0) is 15.5. The van der Waals surface area contributed by atoms with Crippen molar-refractivity contribution in [3.05, 3.63) is 36.0 Å². The molecule has 3 rings (SSSR count). The summed E-state index contributed by atoms with van der Waals surface area (Å²) in [5, 5.41) is 8.90. The van der Waals surface area contributed by atoms with E-state index in [4.69, 9.17) is 10.00 Å². The van der Waals surface area contributed by atoms with Gasteiger partial charge in [-0.1, -0.05) is 6.07 Å². The smallest absolute Gasteiger partial charge is 0.193 e. The van der Waals surface area contributed by atoms with Crippen molar-refractivity contribution in [2.75, 3.05) is 0 Å². The third kappa shape index (κ3) is 2.90. The molecule has 2 aromatic heterocycles. The zero-order valence-corrected chi connectivity index (χ0v) is 13.1. The quantitative estimate of drug-likeness (QED) is 0.736. The van der Waals surface area contributed by atoms with Crippen LogP contribution in [0.1, 0.15) is 19.4 Å². The minimum Gasteiger partial charge on any atom is -0.490 e. The molecular weight excluding hydrogens is 296 g/mol. The van der Waals surface area contributed by atoms with E-state index >= 15 is 0 Å². The van der Waals surface area contributed by atoms with Crippen LogP contribution in [0.3, 0.4) is 0 Å². The number of aromatic nitrogens is 3. The Hall–Kier alpha value is -2.52. The maximum atomic E-state index is 8.90. The standard InChI is InChI=1S/C16H14N4OS/c1-10(2)21-15-4-3-11(5-6-17)7-13(15)12-8-14-16(18-9-12)20-22-19-14/h3-4,7-10H,5H2,1-2H3. The van der Waals surface area contributed by atoms with E-state index in [1.165, 1.54) is 0 Å². The third-order valence-corrected chi connectivity index (χ3v) is 3.65. The number of ether oxygens (including phenoxy) is 1. The lowest BCUT2D eigenvalue weighted by Gasteiger charge is -2.15. The van der Waals surface area contributed by atoms with Crippen molar-refractivity contribution in [3.8, 4) is 22.9 Å². The first-order valence-electron chi connectivity index (χ1n) is 6.92. The topological polar surface area (TPSA) is 71.7 Å². The van der Waals surface area contributed by atoms with Crippen molar-refractivity contribution in [3.63, 3.8) is 0 Å². The second-order valence-electron chi connectivity index (χ2n) is 5.16. The Bertz CT molecular complexity index is 851. The molecule has 0 spiro atoms. The molecule has 0 N–H and O–H groups in total. The molecule has 0 aliphatic heterocycles. The number of hydrogen-bond acceptors (Lipinski definition) is 6. The van der Waals surface area contributed by atoms with Gasteiger partial charge < -0.3 is 4.74 Å². The maximum absolute atomic E-state index is 8.90. The molecule has 0 aliphatic carbocycles. The second-order valence-corrected chi connectivity index (χ2v) is 5.69. The summed E-state index contributed by atoms with van der Waals surface area (Å²) >= 11 is 1.15. The van der Waals surface area contributed by atoms with Gasteiger partial charge in [-0.25, -0.2) is 4.98 Å². The summed E-state index contributed by atoms with van der Waals surface area (Å²) in [7, 11) is 0. The molecule has 110 valence electrons. The maximum Gasteiger partial charge on any atom is 0.193 e. The van der Waals surface area contributed by atoms with Crippen molar-refractivity contribution in [1.82, 2.24) is 13.7 Å². The summed E-state index contributed by atoms with van der Waals surface area (Å²) in [6, 6.07) is 9.92. The van der Waals surface area contributed by atoms with Crippen LogP contribution in [0.15, 0.2) is 30.5 Å². The van der Waals surface area contributed by atoms with Crippen LogP contribution in [0.25, 0.3) is 22.3 Å². The van der Waals surface area contributed by atoms with Crippen LogP contribution in [-0.4, -0.2) is 19.8 Å². The van der Waals surface area contributed by atoms with Gasteiger partial charge >= 0.3 is 0 Å². The van der Waals surface area contributed by atoms with Crippen LogP contribution >= 0.6 is 11.7 Å². The molecule has 22 heavy (non-hydrogen) atoms. The SMILES string of the molecule is CC(C)Oc1ccc(CC#N)cc1-c1cnc2nsnc2c1. The van der Waals surface area contributed by atoms with E-state index in [1.807, 2.05) is 38.1 Å². The van der Waals surface area contributed by atoms with Gasteiger partial charge in [0, 0.05) is 17.3 Å². The molecule has 0 radical (unpaired) electrons. The first-order valence-corrected chi connectivity index (χ1v) is 7.65. The van der Waals surface area contributed by atoms with E-state index < -0.39 is 0 Å². The molecule has 0 bridgehead atoms. The molecule has 0 aliphatic rings. The highest BCUT2D eigenvalue weighted by atomic mass is 32.1. The van der Waals surface area contributed by atoms with Gasteiger partial charge in [-0.2, -0.15) is 14.0 Å². The van der Waals surface area contributed by atoms with E-state index in [0.29, 0.717) is 12.1 Å². The Morgan fingerprint density at radius 1 is 1.27 bits per heavy atom. The van der Waals surface area contributed by atoms with Crippen LogP contribution in [0.2, 0.25) is 0 Å². The fourth-order valence-corrected chi connectivity index (χ4v) is 2.68. The summed E-state index contributed by atoms with van der Waals surface area (Å²) in [5.41, 5.74) is 4.20. The van der Waals surface area contributed by atoms with Gasteiger partial charge in [-0.15, -0.1) is 0 Å². The number of pyridine rings is 1. The molecule has 2 heterocycles. The van der Waals surface area contributed by atoms with Gasteiger partial charge in [0.15, 0.2) is 5.65 Å². The molecule has 0 saturated heterocycles. The van der Waals surface area contributed by atoms with Gasteiger partial charge in [-0.05, 0) is 37.6 Å². The van der Waals surface area contributed by atoms with Gasteiger partial charge in [0.25, 0.3) is 0 Å². The first kappa shape index (κ1) is 14.4. The molecule has 0 unspecified atom stereocenters. The van der Waals surface area contributed by atoms with E-state index in [9.17, 15) is 0 Å². The van der Waals surface area contributed by atoms with Gasteiger partial charge in [0.05, 0.1) is 30.3 Å². The Morgan fingerprint density at radius 2 is 2.14 bits per heavy atom. The van der Waals surface area contributed by atoms with Crippen molar-refractivity contribution >= 4 is 22.9 Å². The number of benzene rings is 1. The monoisotopic (exact) mass is 310 g/mol. The minimum atomic E-state index is 0.0678. The lowest BCUT2D eigenvalue weighted by molar-refractivity contribution is 0.243. The van der Waals surface area contributed by atoms with Crippen molar-refractivity contribution in [1.29, 1.82) is 5.26 Å². The Morgan fingerprint density at radius 3 is 2.91 bits per heavy atom. The minimum absolute atomic E-state index is 0.0678. The lowest BCUT2D eigenvalue weighted by Crippen LogP contribution is -2.06. The Balaban J connectivity index is 2.12. The zero-order valence-electron chi connectivity index (χ0n) is 12.3. The summed E-state index contributed by atoms with van der Waals surface area (Å²) in [5.74, 6) is 0.779. The summed E-state index contributed by atoms with van der Waals surface area (Å²) < 4.78 is 14.2. The van der Waals surface area contributed by atoms with Gasteiger partial charge in [-0.3, -0.25) is 0 Å². The number of hydrogen-bond donors (Lipinski definition) is 0. The molecule has 0 atom stereocenters. The normalized spacial score (nSPS) is 10.8. The molecule has 5 nitrogen and oxygen atoms in total. The molecular formula is C16H14N4OS. The lowest BCUT2D eigenvalue weighted by atomic mass is 10.0. The van der Waals surface area contributed by atoms with E-state index in [0.717, 1.165) is 39.7 Å². The van der Waals surface area contributed by atoms with Crippen LogP contribution in [0, 0.1) is 11.3 Å². The van der Waals surface area contributed by atoms with Crippen molar-refractivity contribution < 1.29 is 4.74 Å². The first-order chi connectivity index (χ1) is 10.7. The van der Waals surface area contributed by atoms with Gasteiger partial charge in [0.2, 0.25) is 0 Å². The highest BCUT2D eigenvalue weighted by Gasteiger charge is 2.12. The number of nitriles is 1. The fraction of sp³-hybridized carbons (Fsp3) is 0.250. The Labute approximate surface area is 132 Å². The van der Waals surface area contributed by atoms with Crippen LogP contribution in [0.5, 0.6) is 5.75 Å². The number of rotatable bonds is 4. The van der Waals surface area contributed by atoms with Crippen LogP contribution in [0.4, 0.5) is 0 Å². The summed E-state index contributed by atoms with van der Waals surface area (Å²) in [4.78, 5) is 4.33. The molecule has 1 aromatic carbocycles. The number of nitrogens with zero attached hydrogens (tertiary/aromatic N) is 4. The molecule has 0 fully saturated rings. The van der Waals surface area contributed by atoms with Gasteiger partial charge in [0.1, 0.15) is 11.3 Å². The summed E-state index contributed by atoms with van der Waals surface area (Å²) in [6.07, 6.45) is 2.20. The molecule has 3 aromatic rings. The third-order valence-electron chi connectivity index (χ3n) is 3.11. The second kappa shape index (κ2) is 6.08. The highest BCUT2D eigenvalue weighted by molar-refractivity contribution is 7.00. The highest BCUT2D eigenvalue weighted by Crippen LogP contribution is 2.32. The molecule has 0 amide bonds. The average Bonchev–Trinajstić information content (AvgIpc) is 2.96. The van der Waals surface area contributed by atoms with E-state index in [1.54, 1.807) is 6.20 Å². The van der Waals surface area contributed by atoms with Crippen molar-refractivity contribution in [2.24, 2.45) is 0 Å². The fourth-order valence-electron chi connectivity index (χ4n) is 2.19. The average molecular weight is 310 g/mol. The molecule has 0 saturated carbocycles. The van der Waals surface area contributed by atoms with Crippen molar-refractivity contribution in [2.45, 2.75) is 26.4 Å².